The van der Waals surface area contributed by atoms with Gasteiger partial charge >= 0.3 is 12.2 Å². The van der Waals surface area contributed by atoms with Gasteiger partial charge < -0.3 is 24.7 Å². The van der Waals surface area contributed by atoms with Gasteiger partial charge in [0, 0.05) is 43.5 Å². The second-order valence-corrected chi connectivity index (χ2v) is 11.5. The van der Waals surface area contributed by atoms with E-state index < -0.39 is 29.3 Å². The van der Waals surface area contributed by atoms with E-state index in [2.05, 4.69) is 9.97 Å². The van der Waals surface area contributed by atoms with Crippen molar-refractivity contribution in [1.29, 1.82) is 0 Å². The van der Waals surface area contributed by atoms with Gasteiger partial charge in [-0.15, -0.1) is 11.3 Å². The van der Waals surface area contributed by atoms with Crippen LogP contribution >= 0.6 is 11.3 Å². The maximum absolute atomic E-state index is 14.8. The van der Waals surface area contributed by atoms with Crippen LogP contribution in [0.4, 0.5) is 31.2 Å². The van der Waals surface area contributed by atoms with Crippen LogP contribution in [0.15, 0.2) is 36.5 Å². The molecule has 1 unspecified atom stereocenters. The maximum Gasteiger partial charge on any atom is 0.424 e. The SMILES string of the molecule is CC(C)(C)OC(=O)N(C(=O)O)c1cc(N2CCc3nc(-c4ccc(N5CCC(O)C5)nc4)sc3C2=O)ccc1F. The number of hydrogen-bond donors (Lipinski definition) is 2. The second kappa shape index (κ2) is 10.5. The predicted octanol–water partition coefficient (Wildman–Crippen LogP) is 4.54. The van der Waals surface area contributed by atoms with Gasteiger partial charge in [-0.1, -0.05) is 0 Å². The molecule has 2 N–H and O–H groups in total. The summed E-state index contributed by atoms with van der Waals surface area (Å²) in [6.07, 6.45) is -0.512. The van der Waals surface area contributed by atoms with Gasteiger partial charge in [0.1, 0.15) is 27.1 Å². The molecule has 0 bridgehead atoms. The Morgan fingerprint density at radius 2 is 1.98 bits per heavy atom. The summed E-state index contributed by atoms with van der Waals surface area (Å²) in [5.41, 5.74) is 0.0706. The number of rotatable bonds is 4. The smallest absolute Gasteiger partial charge is 0.424 e. The van der Waals surface area contributed by atoms with Gasteiger partial charge in [0.15, 0.2) is 0 Å². The highest BCUT2D eigenvalue weighted by atomic mass is 32.1. The number of thiazole rings is 1. The van der Waals surface area contributed by atoms with Crippen LogP contribution < -0.4 is 14.7 Å². The molecule has 5 rings (SSSR count). The molecule has 0 saturated carbocycles. The molecule has 40 heavy (non-hydrogen) atoms. The molecule has 2 aliphatic rings. The number of aliphatic hydroxyl groups excluding tert-OH is 1. The molecular formula is C27H28FN5O6S. The van der Waals surface area contributed by atoms with E-state index in [9.17, 15) is 29.0 Å². The number of carboxylic acid groups (broad SMARTS) is 1. The first-order valence-electron chi connectivity index (χ1n) is 12.7. The summed E-state index contributed by atoms with van der Waals surface area (Å²) in [4.78, 5) is 51.1. The number of nitrogens with zero attached hydrogens (tertiary/aromatic N) is 5. The number of halogens is 1. The number of amides is 3. The Morgan fingerprint density at radius 3 is 2.60 bits per heavy atom. The number of carbonyl (C=O) groups is 3. The largest absolute Gasteiger partial charge is 0.464 e. The first-order valence-corrected chi connectivity index (χ1v) is 13.5. The highest BCUT2D eigenvalue weighted by molar-refractivity contribution is 7.17. The van der Waals surface area contributed by atoms with Gasteiger partial charge in [0.05, 0.1) is 17.5 Å². The molecule has 0 radical (unpaired) electrons. The quantitative estimate of drug-likeness (QED) is 0.464. The fourth-order valence-corrected chi connectivity index (χ4v) is 5.63. The third-order valence-corrected chi connectivity index (χ3v) is 7.58. The zero-order chi connectivity index (χ0) is 28.8. The number of aliphatic hydroxyl groups is 1. The summed E-state index contributed by atoms with van der Waals surface area (Å²) in [5.74, 6) is -0.559. The van der Waals surface area contributed by atoms with E-state index in [1.807, 2.05) is 17.0 Å². The predicted molar refractivity (Wildman–Crippen MR) is 147 cm³/mol. The second-order valence-electron chi connectivity index (χ2n) is 10.5. The lowest BCUT2D eigenvalue weighted by Gasteiger charge is -2.28. The number of hydrogen-bond acceptors (Lipinski definition) is 9. The highest BCUT2D eigenvalue weighted by Gasteiger charge is 2.34. The molecule has 1 atom stereocenters. The number of ether oxygens (including phenoxy) is 1. The van der Waals surface area contributed by atoms with Crippen molar-refractivity contribution in [3.05, 3.63) is 52.9 Å². The molecule has 1 aromatic carbocycles. The Labute approximate surface area is 233 Å². The summed E-state index contributed by atoms with van der Waals surface area (Å²) in [7, 11) is 0. The summed E-state index contributed by atoms with van der Waals surface area (Å²) in [6.45, 7) is 6.19. The molecule has 13 heteroatoms. The Hall–Kier alpha value is -4.10. The summed E-state index contributed by atoms with van der Waals surface area (Å²) >= 11 is 1.21. The van der Waals surface area contributed by atoms with Gasteiger partial charge in [0.2, 0.25) is 0 Å². The van der Waals surface area contributed by atoms with Crippen molar-refractivity contribution in [3.63, 3.8) is 0 Å². The van der Waals surface area contributed by atoms with E-state index in [0.29, 0.717) is 35.0 Å². The van der Waals surface area contributed by atoms with Crippen LogP contribution in [-0.4, -0.2) is 69.6 Å². The van der Waals surface area contributed by atoms with E-state index in [1.54, 1.807) is 27.0 Å². The number of carbonyl (C=O) groups excluding carboxylic acids is 2. The fourth-order valence-electron chi connectivity index (χ4n) is 4.58. The molecule has 0 spiro atoms. The minimum absolute atomic E-state index is 0.189. The molecule has 11 nitrogen and oxygen atoms in total. The van der Waals surface area contributed by atoms with Crippen molar-refractivity contribution < 1.29 is 33.7 Å². The monoisotopic (exact) mass is 569 g/mol. The molecule has 0 aliphatic carbocycles. The van der Waals surface area contributed by atoms with Crippen LogP contribution in [0.1, 0.15) is 42.6 Å². The number of fused-ring (bicyclic) bond motifs is 1. The van der Waals surface area contributed by atoms with Gasteiger partial charge in [-0.05, 0) is 57.5 Å². The number of β-amino-alcohol motifs (C(OH)–C–C–N with tert-alkyl or cyclic N) is 1. The number of imide groups is 1. The molecule has 3 aromatic rings. The third-order valence-electron chi connectivity index (χ3n) is 6.44. The van der Waals surface area contributed by atoms with E-state index in [0.717, 1.165) is 30.1 Å². The van der Waals surface area contributed by atoms with Gasteiger partial charge in [0.25, 0.3) is 5.91 Å². The maximum atomic E-state index is 14.8. The fraction of sp³-hybridized carbons (Fsp3) is 0.370. The van der Waals surface area contributed by atoms with Gasteiger partial charge in [-0.3, -0.25) is 4.79 Å². The molecule has 3 amide bonds. The first kappa shape index (κ1) is 27.5. The van der Waals surface area contributed by atoms with Crippen molar-refractivity contribution in [1.82, 2.24) is 9.97 Å². The minimum Gasteiger partial charge on any atom is -0.464 e. The van der Waals surface area contributed by atoms with Crippen molar-refractivity contribution in [3.8, 4) is 10.6 Å². The van der Waals surface area contributed by atoms with E-state index in [4.69, 9.17) is 4.74 Å². The third kappa shape index (κ3) is 5.47. The molecule has 210 valence electrons. The molecule has 2 aliphatic heterocycles. The number of aromatic nitrogens is 2. The lowest BCUT2D eigenvalue weighted by molar-refractivity contribution is 0.0580. The van der Waals surface area contributed by atoms with Crippen LogP contribution in [0.2, 0.25) is 0 Å². The first-order chi connectivity index (χ1) is 18.9. The van der Waals surface area contributed by atoms with Crippen LogP contribution in [-0.2, 0) is 11.2 Å². The van der Waals surface area contributed by atoms with E-state index in [1.165, 1.54) is 22.3 Å². The van der Waals surface area contributed by atoms with Gasteiger partial charge in [-0.25, -0.2) is 23.9 Å². The van der Waals surface area contributed by atoms with E-state index >= 15 is 0 Å². The molecule has 1 fully saturated rings. The average molecular weight is 570 g/mol. The summed E-state index contributed by atoms with van der Waals surface area (Å²) < 4.78 is 19.9. The minimum atomic E-state index is -1.72. The van der Waals surface area contributed by atoms with Crippen molar-refractivity contribution >= 4 is 46.6 Å². The van der Waals surface area contributed by atoms with Crippen LogP contribution in [0.25, 0.3) is 10.6 Å². The molecular weight excluding hydrogens is 541 g/mol. The summed E-state index contributed by atoms with van der Waals surface area (Å²) in [6, 6.07) is 7.26. The Kier molecular flexibility index (Phi) is 7.19. The van der Waals surface area contributed by atoms with Crippen LogP contribution in [0, 0.1) is 5.82 Å². The lowest BCUT2D eigenvalue weighted by atomic mass is 10.1. The van der Waals surface area contributed by atoms with Crippen LogP contribution in [0.5, 0.6) is 0 Å². The van der Waals surface area contributed by atoms with Crippen molar-refractivity contribution in [2.45, 2.75) is 45.3 Å². The normalized spacial score (nSPS) is 17.1. The Balaban J connectivity index is 1.39. The number of anilines is 3. The van der Waals surface area contributed by atoms with E-state index in [-0.39, 0.29) is 29.1 Å². The molecule has 1 saturated heterocycles. The Bertz CT molecular complexity index is 1470. The van der Waals surface area contributed by atoms with Crippen molar-refractivity contribution in [2.24, 2.45) is 0 Å². The van der Waals surface area contributed by atoms with Crippen molar-refractivity contribution in [2.75, 3.05) is 34.3 Å². The zero-order valence-electron chi connectivity index (χ0n) is 22.1. The number of benzene rings is 1. The number of pyridine rings is 1. The molecule has 4 heterocycles. The highest BCUT2D eigenvalue weighted by Crippen LogP contribution is 2.35. The van der Waals surface area contributed by atoms with Crippen LogP contribution in [0.3, 0.4) is 0 Å². The molecule has 2 aromatic heterocycles. The average Bonchev–Trinajstić information content (AvgIpc) is 3.51. The Morgan fingerprint density at radius 1 is 1.20 bits per heavy atom. The standard InChI is InChI=1S/C27H28FN5O6S/c1-27(2,3)39-26(38)33(25(36)37)20-12-16(5-6-18(20)28)32-11-9-19-22(24(32)35)40-23(30-19)15-4-7-21(29-13-15)31-10-8-17(34)14-31/h4-7,12-13,17,34H,8-11,14H2,1-3H3,(H,36,37). The zero-order valence-corrected chi connectivity index (χ0v) is 22.9. The lowest BCUT2D eigenvalue weighted by Crippen LogP contribution is -2.41. The summed E-state index contributed by atoms with van der Waals surface area (Å²) in [5, 5.41) is 20.1. The topological polar surface area (TPSA) is 136 Å². The van der Waals surface area contributed by atoms with Gasteiger partial charge in [-0.2, -0.15) is 4.90 Å².